The minimum Gasteiger partial charge on any atom is -0.376 e. The number of nitrogens with zero attached hydrogens (tertiary/aromatic N) is 3. The van der Waals surface area contributed by atoms with Crippen molar-refractivity contribution >= 4 is 29.2 Å². The molecular formula is C27H28FN3O5. The molecule has 1 atom stereocenters. The Morgan fingerprint density at radius 1 is 0.944 bits per heavy atom. The minimum absolute atomic E-state index is 0.0635. The van der Waals surface area contributed by atoms with Gasteiger partial charge in [0.05, 0.1) is 29.5 Å². The van der Waals surface area contributed by atoms with Gasteiger partial charge in [0.25, 0.3) is 11.8 Å². The summed E-state index contributed by atoms with van der Waals surface area (Å²) >= 11 is 0. The number of rotatable bonds is 7. The van der Waals surface area contributed by atoms with Crippen LogP contribution in [0.4, 0.5) is 10.1 Å². The van der Waals surface area contributed by atoms with Gasteiger partial charge >= 0.3 is 0 Å². The van der Waals surface area contributed by atoms with Crippen LogP contribution in [-0.4, -0.2) is 78.7 Å². The van der Waals surface area contributed by atoms with E-state index in [1.54, 1.807) is 17.0 Å². The maximum atomic E-state index is 13.2. The Labute approximate surface area is 208 Å². The Balaban J connectivity index is 1.19. The van der Waals surface area contributed by atoms with Crippen LogP contribution in [0.1, 0.15) is 56.8 Å². The molecule has 2 saturated heterocycles. The third kappa shape index (κ3) is 4.75. The number of Topliss-reactive ketones (excluding diaryl/α,β-unsaturated/α-hetero) is 1. The summed E-state index contributed by atoms with van der Waals surface area (Å²) in [6, 6.07) is 10.6. The molecule has 8 nitrogen and oxygen atoms in total. The van der Waals surface area contributed by atoms with E-state index < -0.39 is 5.82 Å². The van der Waals surface area contributed by atoms with Crippen LogP contribution in [0.25, 0.3) is 0 Å². The Kier molecular flexibility index (Phi) is 6.82. The quantitative estimate of drug-likeness (QED) is 0.436. The molecule has 0 aromatic heterocycles. The van der Waals surface area contributed by atoms with E-state index in [0.29, 0.717) is 55.2 Å². The van der Waals surface area contributed by atoms with Gasteiger partial charge in [-0.1, -0.05) is 6.07 Å². The number of piperazine rings is 1. The van der Waals surface area contributed by atoms with Gasteiger partial charge in [0.15, 0.2) is 5.78 Å². The fourth-order valence-corrected chi connectivity index (χ4v) is 5.09. The normalized spacial score (nSPS) is 19.7. The monoisotopic (exact) mass is 493 g/mol. The molecule has 2 aromatic carbocycles. The number of hydrogen-bond acceptors (Lipinski definition) is 6. The standard InChI is InChI=1S/C27H28FN3O5/c28-19-8-6-18(7-9-19)23(32)10-11-24(33)30-14-12-29(13-15-30)22-5-1-4-21-25(22)27(35)31(26(21)34)17-20-3-2-16-36-20/h1,4-9,20H,2-3,10-17H2/t20-/m0/s1. The third-order valence-electron chi connectivity index (χ3n) is 7.09. The van der Waals surface area contributed by atoms with E-state index in [2.05, 4.69) is 0 Å². The molecule has 3 amide bonds. The van der Waals surface area contributed by atoms with E-state index in [4.69, 9.17) is 4.74 Å². The maximum Gasteiger partial charge on any atom is 0.263 e. The molecule has 2 aromatic rings. The van der Waals surface area contributed by atoms with Crippen LogP contribution < -0.4 is 4.90 Å². The predicted octanol–water partition coefficient (Wildman–Crippen LogP) is 2.91. The fraction of sp³-hybridized carbons (Fsp3) is 0.407. The third-order valence-corrected chi connectivity index (χ3v) is 7.09. The molecule has 0 saturated carbocycles. The second-order valence-electron chi connectivity index (χ2n) is 9.35. The molecule has 3 heterocycles. The lowest BCUT2D eigenvalue weighted by atomic mass is 10.1. The zero-order valence-electron chi connectivity index (χ0n) is 20.0. The molecule has 0 N–H and O–H groups in total. The average Bonchev–Trinajstić information content (AvgIpc) is 3.50. The van der Waals surface area contributed by atoms with Gasteiger partial charge in [-0.3, -0.25) is 24.1 Å². The molecule has 2 fully saturated rings. The first-order valence-corrected chi connectivity index (χ1v) is 12.3. The molecule has 0 aliphatic carbocycles. The number of amides is 3. The van der Waals surface area contributed by atoms with Crippen molar-refractivity contribution in [3.8, 4) is 0 Å². The van der Waals surface area contributed by atoms with Gasteiger partial charge in [0, 0.05) is 51.2 Å². The fourth-order valence-electron chi connectivity index (χ4n) is 5.09. The predicted molar refractivity (Wildman–Crippen MR) is 130 cm³/mol. The molecule has 9 heteroatoms. The largest absolute Gasteiger partial charge is 0.376 e. The van der Waals surface area contributed by atoms with Crippen molar-refractivity contribution in [1.29, 1.82) is 0 Å². The smallest absolute Gasteiger partial charge is 0.263 e. The second-order valence-corrected chi connectivity index (χ2v) is 9.35. The highest BCUT2D eigenvalue weighted by molar-refractivity contribution is 6.23. The van der Waals surface area contributed by atoms with Crippen LogP contribution in [-0.2, 0) is 9.53 Å². The number of anilines is 1. The summed E-state index contributed by atoms with van der Waals surface area (Å²) in [5.41, 5.74) is 1.93. The van der Waals surface area contributed by atoms with Crippen molar-refractivity contribution in [2.75, 3.05) is 44.2 Å². The van der Waals surface area contributed by atoms with E-state index in [-0.39, 0.29) is 49.0 Å². The number of halogens is 1. The number of carbonyl (C=O) groups excluding carboxylic acids is 4. The second kappa shape index (κ2) is 10.2. The Morgan fingerprint density at radius 2 is 1.69 bits per heavy atom. The molecule has 3 aliphatic rings. The first-order chi connectivity index (χ1) is 17.4. The first-order valence-electron chi connectivity index (χ1n) is 12.3. The SMILES string of the molecule is O=C(CCC(=O)N1CCN(c2cccc3c2C(=O)N(C[C@@H]2CCCO2)C3=O)CC1)c1ccc(F)cc1. The molecule has 36 heavy (non-hydrogen) atoms. The number of hydrogen-bond donors (Lipinski definition) is 0. The van der Waals surface area contributed by atoms with Gasteiger partial charge in [-0.2, -0.15) is 0 Å². The summed E-state index contributed by atoms with van der Waals surface area (Å²) in [6.45, 7) is 2.86. The lowest BCUT2D eigenvalue weighted by molar-refractivity contribution is -0.131. The molecule has 188 valence electrons. The van der Waals surface area contributed by atoms with Crippen molar-refractivity contribution in [3.05, 3.63) is 65.0 Å². The van der Waals surface area contributed by atoms with Crippen molar-refractivity contribution in [1.82, 2.24) is 9.80 Å². The van der Waals surface area contributed by atoms with Gasteiger partial charge in [-0.15, -0.1) is 0 Å². The van der Waals surface area contributed by atoms with E-state index in [1.165, 1.54) is 29.2 Å². The number of imide groups is 1. The first kappa shape index (κ1) is 24.1. The lowest BCUT2D eigenvalue weighted by Crippen LogP contribution is -2.49. The highest BCUT2D eigenvalue weighted by atomic mass is 19.1. The van der Waals surface area contributed by atoms with Crippen molar-refractivity contribution < 1.29 is 28.3 Å². The van der Waals surface area contributed by atoms with Crippen molar-refractivity contribution in [3.63, 3.8) is 0 Å². The van der Waals surface area contributed by atoms with E-state index in [9.17, 15) is 23.6 Å². The molecular weight excluding hydrogens is 465 g/mol. The zero-order chi connectivity index (χ0) is 25.2. The zero-order valence-corrected chi connectivity index (χ0v) is 20.0. The van der Waals surface area contributed by atoms with Gasteiger partial charge in [0.1, 0.15) is 5.82 Å². The van der Waals surface area contributed by atoms with Crippen LogP contribution in [0.3, 0.4) is 0 Å². The summed E-state index contributed by atoms with van der Waals surface area (Å²) in [5.74, 6) is -1.30. The Bertz CT molecular complexity index is 1180. The average molecular weight is 494 g/mol. The summed E-state index contributed by atoms with van der Waals surface area (Å²) in [7, 11) is 0. The van der Waals surface area contributed by atoms with E-state index >= 15 is 0 Å². The number of benzene rings is 2. The van der Waals surface area contributed by atoms with Gasteiger partial charge in [0.2, 0.25) is 5.91 Å². The molecule has 5 rings (SSSR count). The molecule has 0 unspecified atom stereocenters. The van der Waals surface area contributed by atoms with E-state index in [1.807, 2.05) is 11.0 Å². The highest BCUT2D eigenvalue weighted by Gasteiger charge is 2.40. The van der Waals surface area contributed by atoms with Crippen LogP contribution in [0.15, 0.2) is 42.5 Å². The van der Waals surface area contributed by atoms with Gasteiger partial charge in [-0.05, 0) is 49.2 Å². The summed E-state index contributed by atoms with van der Waals surface area (Å²) in [5, 5.41) is 0. The van der Waals surface area contributed by atoms with Crippen LogP contribution in [0.5, 0.6) is 0 Å². The van der Waals surface area contributed by atoms with Crippen LogP contribution in [0, 0.1) is 5.82 Å². The van der Waals surface area contributed by atoms with E-state index in [0.717, 1.165) is 12.8 Å². The topological polar surface area (TPSA) is 87.2 Å². The summed E-state index contributed by atoms with van der Waals surface area (Å²) in [4.78, 5) is 56.2. The number of ether oxygens (including phenoxy) is 1. The summed E-state index contributed by atoms with van der Waals surface area (Å²) in [6.07, 6.45) is 1.81. The van der Waals surface area contributed by atoms with Crippen molar-refractivity contribution in [2.45, 2.75) is 31.8 Å². The Hall–Kier alpha value is -3.59. The number of fused-ring (bicyclic) bond motifs is 1. The minimum atomic E-state index is -0.411. The number of ketones is 1. The maximum absolute atomic E-state index is 13.2. The van der Waals surface area contributed by atoms with Gasteiger partial charge in [-0.25, -0.2) is 4.39 Å². The molecule has 0 radical (unpaired) electrons. The molecule has 3 aliphatic heterocycles. The Morgan fingerprint density at radius 3 is 2.39 bits per heavy atom. The van der Waals surface area contributed by atoms with Gasteiger partial charge < -0.3 is 14.5 Å². The molecule has 0 bridgehead atoms. The highest BCUT2D eigenvalue weighted by Crippen LogP contribution is 2.33. The van der Waals surface area contributed by atoms with Crippen LogP contribution >= 0.6 is 0 Å². The molecule has 0 spiro atoms. The van der Waals surface area contributed by atoms with Crippen molar-refractivity contribution in [2.24, 2.45) is 0 Å². The lowest BCUT2D eigenvalue weighted by Gasteiger charge is -2.36. The van der Waals surface area contributed by atoms with Crippen LogP contribution in [0.2, 0.25) is 0 Å². The number of carbonyl (C=O) groups is 4. The summed E-state index contributed by atoms with van der Waals surface area (Å²) < 4.78 is 18.7.